The van der Waals surface area contributed by atoms with Crippen molar-refractivity contribution in [1.82, 2.24) is 4.98 Å². The molecule has 13 heteroatoms. The van der Waals surface area contributed by atoms with E-state index in [-0.39, 0.29) is 10.7 Å². The molecule has 0 atom stereocenters. The molecule has 1 amide bonds. The highest BCUT2D eigenvalue weighted by Crippen LogP contribution is 2.33. The van der Waals surface area contributed by atoms with Crippen LogP contribution in [0.1, 0.15) is 15.9 Å². The largest absolute Gasteiger partial charge is 0.281 e. The van der Waals surface area contributed by atoms with Gasteiger partial charge in [0.1, 0.15) is 5.82 Å². The Hall–Kier alpha value is -4.10. The monoisotopic (exact) mass is 543 g/mol. The van der Waals surface area contributed by atoms with Crippen LogP contribution in [0.4, 0.5) is 20.9 Å². The molecule has 0 bridgehead atoms. The highest BCUT2D eigenvalue weighted by atomic mass is 79.9. The summed E-state index contributed by atoms with van der Waals surface area (Å²) < 4.78 is 14.7. The summed E-state index contributed by atoms with van der Waals surface area (Å²) in [5.41, 5.74) is -0.518. The molecular formula is C21H11BrFN5O5S. The van der Waals surface area contributed by atoms with Crippen LogP contribution in [0.3, 0.4) is 0 Å². The number of nitrogens with zero attached hydrogens (tertiary/aromatic N) is 5. The lowest BCUT2D eigenvalue weighted by Crippen LogP contribution is -2.25. The Morgan fingerprint density at radius 2 is 1.68 bits per heavy atom. The zero-order valence-electron chi connectivity index (χ0n) is 16.8. The summed E-state index contributed by atoms with van der Waals surface area (Å²) in [6.07, 6.45) is 1.28. The minimum Gasteiger partial charge on any atom is -0.267 e. The first kappa shape index (κ1) is 23.1. The summed E-state index contributed by atoms with van der Waals surface area (Å²) >= 11 is 4.49. The second-order valence-electron chi connectivity index (χ2n) is 6.77. The first-order valence-electron chi connectivity index (χ1n) is 9.35. The molecule has 0 aliphatic heterocycles. The molecule has 0 saturated carbocycles. The van der Waals surface area contributed by atoms with Gasteiger partial charge in [-0.2, -0.15) is 10.1 Å². The summed E-state index contributed by atoms with van der Waals surface area (Å²) in [4.78, 5) is 38.6. The highest BCUT2D eigenvalue weighted by molar-refractivity contribution is 9.10. The zero-order chi connectivity index (χ0) is 24.4. The van der Waals surface area contributed by atoms with Crippen LogP contribution < -0.4 is 5.01 Å². The number of thiazole rings is 1. The number of rotatable bonds is 6. The van der Waals surface area contributed by atoms with E-state index in [1.807, 2.05) is 0 Å². The van der Waals surface area contributed by atoms with Gasteiger partial charge in [-0.1, -0.05) is 39.4 Å². The number of aromatic nitrogens is 1. The molecule has 4 rings (SSSR count). The van der Waals surface area contributed by atoms with Crippen molar-refractivity contribution in [1.29, 1.82) is 0 Å². The van der Waals surface area contributed by atoms with Crippen molar-refractivity contribution < 1.29 is 19.0 Å². The zero-order valence-corrected chi connectivity index (χ0v) is 19.2. The molecule has 0 saturated heterocycles. The standard InChI is InChI=1S/C21H11BrFN5O5S/c22-14-3-6-18-19(9-14)34-21(25-18)26(24-11-12-1-4-15(23)5-2-12)20(29)13-7-16(27(30)31)10-17(8-13)28(32)33/h1-11H/b24-11+. The predicted octanol–water partition coefficient (Wildman–Crippen LogP) is 5.70. The molecule has 3 aromatic carbocycles. The Balaban J connectivity index is 1.82. The molecule has 1 heterocycles. The number of benzene rings is 3. The number of anilines is 1. The molecule has 0 aliphatic carbocycles. The van der Waals surface area contributed by atoms with Gasteiger partial charge in [0.05, 0.1) is 37.9 Å². The Labute approximate surface area is 202 Å². The average molecular weight is 544 g/mol. The highest BCUT2D eigenvalue weighted by Gasteiger charge is 2.26. The van der Waals surface area contributed by atoms with Crippen LogP contribution in [0.15, 0.2) is 70.2 Å². The van der Waals surface area contributed by atoms with Gasteiger partial charge >= 0.3 is 0 Å². The van der Waals surface area contributed by atoms with Crippen LogP contribution in [0, 0.1) is 26.0 Å². The maximum Gasteiger partial charge on any atom is 0.281 e. The van der Waals surface area contributed by atoms with Gasteiger partial charge in [0.2, 0.25) is 5.13 Å². The van der Waals surface area contributed by atoms with Crippen LogP contribution in [0.5, 0.6) is 0 Å². The van der Waals surface area contributed by atoms with Crippen molar-refractivity contribution >= 4 is 66.1 Å². The minimum atomic E-state index is -0.872. The van der Waals surface area contributed by atoms with Crippen LogP contribution in [-0.4, -0.2) is 27.0 Å². The van der Waals surface area contributed by atoms with Gasteiger partial charge in [0.25, 0.3) is 17.3 Å². The molecule has 10 nitrogen and oxygen atoms in total. The maximum atomic E-state index is 13.4. The van der Waals surface area contributed by atoms with E-state index in [1.54, 1.807) is 18.2 Å². The number of carbonyl (C=O) groups is 1. The smallest absolute Gasteiger partial charge is 0.267 e. The lowest BCUT2D eigenvalue weighted by Gasteiger charge is -2.13. The van der Waals surface area contributed by atoms with Crippen molar-refractivity contribution in [2.75, 3.05) is 5.01 Å². The van der Waals surface area contributed by atoms with Gasteiger partial charge in [-0.15, -0.1) is 0 Å². The quantitative estimate of drug-likeness (QED) is 0.174. The molecule has 1 aromatic heterocycles. The fourth-order valence-electron chi connectivity index (χ4n) is 2.89. The number of hydrogen-bond donors (Lipinski definition) is 0. The van der Waals surface area contributed by atoms with E-state index >= 15 is 0 Å². The van der Waals surface area contributed by atoms with E-state index in [1.165, 1.54) is 30.5 Å². The summed E-state index contributed by atoms with van der Waals surface area (Å²) in [5, 5.41) is 27.7. The first-order valence-corrected chi connectivity index (χ1v) is 11.0. The normalized spacial score (nSPS) is 11.1. The topological polar surface area (TPSA) is 132 Å². The third-order valence-electron chi connectivity index (χ3n) is 4.48. The van der Waals surface area contributed by atoms with Crippen molar-refractivity contribution in [3.05, 3.63) is 102 Å². The number of nitro benzene ring substituents is 2. The number of hydrogen-bond acceptors (Lipinski definition) is 8. The molecule has 0 spiro atoms. The lowest BCUT2D eigenvalue weighted by atomic mass is 10.1. The number of nitro groups is 2. The number of non-ortho nitro benzene ring substituents is 2. The van der Waals surface area contributed by atoms with Gasteiger partial charge in [-0.25, -0.2) is 9.37 Å². The average Bonchev–Trinajstić information content (AvgIpc) is 3.22. The molecule has 4 aromatic rings. The number of hydrazone groups is 1. The third kappa shape index (κ3) is 4.94. The molecule has 0 fully saturated rings. The lowest BCUT2D eigenvalue weighted by molar-refractivity contribution is -0.394. The van der Waals surface area contributed by atoms with Crippen molar-refractivity contribution in [2.24, 2.45) is 5.10 Å². The van der Waals surface area contributed by atoms with Crippen molar-refractivity contribution in [2.45, 2.75) is 0 Å². The number of carbonyl (C=O) groups excluding carboxylic acids is 1. The fourth-order valence-corrected chi connectivity index (χ4v) is 4.36. The summed E-state index contributed by atoms with van der Waals surface area (Å²) in [6, 6.07) is 13.2. The Morgan fingerprint density at radius 1 is 1.03 bits per heavy atom. The maximum absolute atomic E-state index is 13.4. The summed E-state index contributed by atoms with van der Waals surface area (Å²) in [7, 11) is 0. The van der Waals surface area contributed by atoms with E-state index in [9.17, 15) is 29.4 Å². The first-order chi connectivity index (χ1) is 16.2. The van der Waals surface area contributed by atoms with Crippen molar-refractivity contribution in [3.63, 3.8) is 0 Å². The molecular weight excluding hydrogens is 533 g/mol. The number of fused-ring (bicyclic) bond motifs is 1. The van der Waals surface area contributed by atoms with Crippen LogP contribution in [-0.2, 0) is 0 Å². The van der Waals surface area contributed by atoms with E-state index in [0.29, 0.717) is 11.1 Å². The fraction of sp³-hybridized carbons (Fsp3) is 0. The van der Waals surface area contributed by atoms with Gasteiger partial charge in [0, 0.05) is 16.6 Å². The third-order valence-corrected chi connectivity index (χ3v) is 5.96. The van der Waals surface area contributed by atoms with Crippen molar-refractivity contribution in [3.8, 4) is 0 Å². The Morgan fingerprint density at radius 3 is 2.29 bits per heavy atom. The van der Waals surface area contributed by atoms with Crippen LogP contribution in [0.2, 0.25) is 0 Å². The summed E-state index contributed by atoms with van der Waals surface area (Å²) in [5.74, 6) is -1.32. The second kappa shape index (κ2) is 9.41. The van der Waals surface area contributed by atoms with E-state index in [2.05, 4.69) is 26.0 Å². The van der Waals surface area contributed by atoms with Gasteiger partial charge < -0.3 is 0 Å². The molecule has 0 aliphatic rings. The number of halogens is 2. The van der Waals surface area contributed by atoms with Gasteiger partial charge in [0.15, 0.2) is 0 Å². The Bertz CT molecular complexity index is 1440. The van der Waals surface area contributed by atoms with Gasteiger partial charge in [-0.05, 0) is 35.9 Å². The molecule has 34 heavy (non-hydrogen) atoms. The van der Waals surface area contributed by atoms with Crippen LogP contribution in [0.25, 0.3) is 10.2 Å². The van der Waals surface area contributed by atoms with E-state index in [4.69, 9.17) is 0 Å². The SMILES string of the molecule is O=C(c1cc([N+](=O)[O-])cc([N+](=O)[O-])c1)N(/N=C/c1ccc(F)cc1)c1nc2ccc(Br)cc2s1. The Kier molecular flexibility index (Phi) is 6.38. The van der Waals surface area contributed by atoms with Gasteiger partial charge in [-0.3, -0.25) is 25.0 Å². The number of amides is 1. The van der Waals surface area contributed by atoms with E-state index < -0.39 is 32.9 Å². The minimum absolute atomic E-state index is 0.130. The predicted molar refractivity (Wildman–Crippen MR) is 128 cm³/mol. The second-order valence-corrected chi connectivity index (χ2v) is 8.70. The van der Waals surface area contributed by atoms with E-state index in [0.717, 1.165) is 43.7 Å². The van der Waals surface area contributed by atoms with Crippen LogP contribution >= 0.6 is 27.3 Å². The molecule has 0 radical (unpaired) electrons. The molecule has 0 unspecified atom stereocenters. The molecule has 170 valence electrons. The summed E-state index contributed by atoms with van der Waals surface area (Å²) in [6.45, 7) is 0. The molecule has 0 N–H and O–H groups in total.